The van der Waals surface area contributed by atoms with Gasteiger partial charge in [0.25, 0.3) is 10.1 Å². The molecule has 1 aliphatic heterocycles. The van der Waals surface area contributed by atoms with Gasteiger partial charge >= 0.3 is 0 Å². The highest BCUT2D eigenvalue weighted by Gasteiger charge is 2.39. The summed E-state index contributed by atoms with van der Waals surface area (Å²) in [5.74, 6) is 0.374. The van der Waals surface area contributed by atoms with Crippen molar-refractivity contribution in [1.82, 2.24) is 0 Å². The van der Waals surface area contributed by atoms with Gasteiger partial charge in [-0.2, -0.15) is 8.42 Å². The molecule has 1 heterocycles. The van der Waals surface area contributed by atoms with Crippen LogP contribution < -0.4 is 0 Å². The quantitative estimate of drug-likeness (QED) is 0.783. The number of aliphatic hydroxyl groups is 1. The van der Waals surface area contributed by atoms with E-state index in [-0.39, 0.29) is 24.7 Å². The first-order chi connectivity index (χ1) is 12.3. The van der Waals surface area contributed by atoms with Crippen molar-refractivity contribution in [3.8, 4) is 0 Å². The molecule has 0 radical (unpaired) electrons. The Hall–Kier alpha value is -2.22. The summed E-state index contributed by atoms with van der Waals surface area (Å²) in [5, 5.41) is 9.78. The van der Waals surface area contributed by atoms with Crippen molar-refractivity contribution in [2.24, 2.45) is 4.99 Å². The molecule has 7 heteroatoms. The molecule has 0 aromatic heterocycles. The Labute approximate surface area is 153 Å². The van der Waals surface area contributed by atoms with Crippen molar-refractivity contribution in [1.29, 1.82) is 0 Å². The van der Waals surface area contributed by atoms with Crippen LogP contribution in [-0.2, 0) is 19.0 Å². The van der Waals surface area contributed by atoms with Crippen molar-refractivity contribution in [3.63, 3.8) is 0 Å². The minimum atomic E-state index is -3.94. The van der Waals surface area contributed by atoms with Gasteiger partial charge in [-0.25, -0.2) is 4.99 Å². The fourth-order valence-corrected chi connectivity index (χ4v) is 3.55. The normalized spacial score (nSPS) is 19.9. The Morgan fingerprint density at radius 2 is 1.88 bits per heavy atom. The highest BCUT2D eigenvalue weighted by molar-refractivity contribution is 7.86. The third kappa shape index (κ3) is 3.95. The second kappa shape index (κ2) is 7.19. The van der Waals surface area contributed by atoms with Gasteiger partial charge in [0.1, 0.15) is 12.1 Å². The van der Waals surface area contributed by atoms with Crippen LogP contribution in [0.15, 0.2) is 58.4 Å². The number of aliphatic hydroxyl groups excluding tert-OH is 1. The summed E-state index contributed by atoms with van der Waals surface area (Å²) < 4.78 is 35.5. The van der Waals surface area contributed by atoms with Crippen LogP contribution in [0.3, 0.4) is 0 Å². The molecule has 138 valence electrons. The highest BCUT2D eigenvalue weighted by Crippen LogP contribution is 2.24. The van der Waals surface area contributed by atoms with E-state index >= 15 is 0 Å². The predicted octanol–water partition coefficient (Wildman–Crippen LogP) is 2.22. The molecular weight excluding hydrogens is 354 g/mol. The lowest BCUT2D eigenvalue weighted by molar-refractivity contribution is 0.110. The van der Waals surface area contributed by atoms with Gasteiger partial charge in [0.15, 0.2) is 0 Å². The molecule has 0 spiro atoms. The van der Waals surface area contributed by atoms with Gasteiger partial charge in [0.2, 0.25) is 5.90 Å². The molecule has 2 aromatic carbocycles. The molecule has 0 aliphatic carbocycles. The van der Waals surface area contributed by atoms with Crippen LogP contribution >= 0.6 is 0 Å². The molecule has 0 amide bonds. The van der Waals surface area contributed by atoms with Crippen molar-refractivity contribution in [2.45, 2.75) is 24.3 Å². The Bertz CT molecular complexity index is 921. The molecule has 1 N–H and O–H groups in total. The second-order valence-electron chi connectivity index (χ2n) is 6.49. The van der Waals surface area contributed by atoms with Crippen LogP contribution in [0, 0.1) is 13.8 Å². The zero-order valence-electron chi connectivity index (χ0n) is 14.7. The van der Waals surface area contributed by atoms with Crippen LogP contribution in [0.25, 0.3) is 0 Å². The average molecular weight is 375 g/mol. The van der Waals surface area contributed by atoms with E-state index in [0.29, 0.717) is 5.90 Å². The first-order valence-corrected chi connectivity index (χ1v) is 9.61. The third-order valence-electron chi connectivity index (χ3n) is 4.17. The Kier molecular flexibility index (Phi) is 5.13. The number of benzene rings is 2. The Morgan fingerprint density at radius 1 is 1.15 bits per heavy atom. The van der Waals surface area contributed by atoms with Crippen LogP contribution in [-0.4, -0.2) is 44.8 Å². The molecule has 1 atom stereocenters. The van der Waals surface area contributed by atoms with E-state index in [2.05, 4.69) is 4.99 Å². The van der Waals surface area contributed by atoms with Crippen molar-refractivity contribution < 1.29 is 22.4 Å². The summed E-state index contributed by atoms with van der Waals surface area (Å²) in [6, 6.07) is 14.0. The fraction of sp³-hybridized carbons (Fsp3) is 0.316. The zero-order chi connectivity index (χ0) is 18.8. The van der Waals surface area contributed by atoms with Crippen LogP contribution in [0.1, 0.15) is 16.7 Å². The highest BCUT2D eigenvalue weighted by atomic mass is 32.2. The molecule has 0 bridgehead atoms. The van der Waals surface area contributed by atoms with E-state index < -0.39 is 15.7 Å². The minimum absolute atomic E-state index is 0.0518. The predicted molar refractivity (Wildman–Crippen MR) is 97.8 cm³/mol. The number of aryl methyl sites for hydroxylation is 2. The standard InChI is InChI=1S/C19H21NO5S/c1-14-6-8-17(9-7-14)26(22,23)25-13-19(11-21)12-24-18(20-19)16-5-3-4-15(2)10-16/h3-10,21H,11-13H2,1-2H3. The fourth-order valence-electron chi connectivity index (χ4n) is 2.57. The summed E-state index contributed by atoms with van der Waals surface area (Å²) in [5.41, 5.74) is 1.64. The second-order valence-corrected chi connectivity index (χ2v) is 8.10. The first-order valence-electron chi connectivity index (χ1n) is 8.20. The molecule has 0 fully saturated rings. The number of ether oxygens (including phenoxy) is 1. The monoisotopic (exact) mass is 375 g/mol. The topological polar surface area (TPSA) is 85.2 Å². The molecule has 3 rings (SSSR count). The molecule has 2 aromatic rings. The summed E-state index contributed by atoms with van der Waals surface area (Å²) in [6.07, 6.45) is 0. The SMILES string of the molecule is Cc1ccc(S(=O)(=O)OCC2(CO)COC(c3cccc(C)c3)=N2)cc1. The van der Waals surface area contributed by atoms with Gasteiger partial charge in [-0.1, -0.05) is 35.4 Å². The maximum atomic E-state index is 12.4. The molecule has 0 saturated heterocycles. The molecular formula is C19H21NO5S. The van der Waals surface area contributed by atoms with Crippen molar-refractivity contribution in [2.75, 3.05) is 19.8 Å². The number of hydrogen-bond acceptors (Lipinski definition) is 6. The summed E-state index contributed by atoms with van der Waals surface area (Å²) >= 11 is 0. The number of nitrogens with zero attached hydrogens (tertiary/aromatic N) is 1. The van der Waals surface area contributed by atoms with Gasteiger partial charge < -0.3 is 9.84 Å². The van der Waals surface area contributed by atoms with Crippen molar-refractivity contribution in [3.05, 3.63) is 65.2 Å². The molecule has 26 heavy (non-hydrogen) atoms. The maximum absolute atomic E-state index is 12.4. The number of aliphatic imine (C=N–C) groups is 1. The van der Waals surface area contributed by atoms with Crippen LogP contribution in [0.2, 0.25) is 0 Å². The van der Waals surface area contributed by atoms with Gasteiger partial charge in [-0.15, -0.1) is 0 Å². The van der Waals surface area contributed by atoms with E-state index in [9.17, 15) is 13.5 Å². The largest absolute Gasteiger partial charge is 0.475 e. The lowest BCUT2D eigenvalue weighted by Gasteiger charge is -2.20. The zero-order valence-corrected chi connectivity index (χ0v) is 15.5. The van der Waals surface area contributed by atoms with E-state index in [1.165, 1.54) is 12.1 Å². The van der Waals surface area contributed by atoms with E-state index in [0.717, 1.165) is 16.7 Å². The maximum Gasteiger partial charge on any atom is 0.297 e. The van der Waals surface area contributed by atoms with E-state index in [1.807, 2.05) is 38.1 Å². The Morgan fingerprint density at radius 3 is 2.54 bits per heavy atom. The Balaban J connectivity index is 1.78. The number of rotatable bonds is 6. The lowest BCUT2D eigenvalue weighted by atomic mass is 10.1. The summed E-state index contributed by atoms with van der Waals surface area (Å²) in [7, 11) is -3.94. The van der Waals surface area contributed by atoms with Gasteiger partial charge in [0, 0.05) is 5.56 Å². The average Bonchev–Trinajstić information content (AvgIpc) is 3.06. The smallest absolute Gasteiger partial charge is 0.297 e. The first kappa shape index (κ1) is 18.6. The van der Waals surface area contributed by atoms with Crippen LogP contribution in [0.4, 0.5) is 0 Å². The minimum Gasteiger partial charge on any atom is -0.475 e. The number of hydrogen-bond donors (Lipinski definition) is 1. The van der Waals surface area contributed by atoms with Gasteiger partial charge in [-0.05, 0) is 38.1 Å². The molecule has 1 aliphatic rings. The summed E-state index contributed by atoms with van der Waals surface area (Å²) in [6.45, 7) is 3.20. The van der Waals surface area contributed by atoms with Gasteiger partial charge in [0.05, 0.1) is 18.1 Å². The van der Waals surface area contributed by atoms with E-state index in [4.69, 9.17) is 8.92 Å². The van der Waals surface area contributed by atoms with Gasteiger partial charge in [-0.3, -0.25) is 4.18 Å². The lowest BCUT2D eigenvalue weighted by Crippen LogP contribution is -2.39. The molecule has 6 nitrogen and oxygen atoms in total. The van der Waals surface area contributed by atoms with E-state index in [1.54, 1.807) is 12.1 Å². The molecule has 0 saturated carbocycles. The summed E-state index contributed by atoms with van der Waals surface area (Å²) in [4.78, 5) is 4.48. The third-order valence-corrected chi connectivity index (χ3v) is 5.45. The van der Waals surface area contributed by atoms with Crippen molar-refractivity contribution >= 4 is 16.0 Å². The molecule has 1 unspecified atom stereocenters. The van der Waals surface area contributed by atoms with Crippen LogP contribution in [0.5, 0.6) is 0 Å².